The zero-order chi connectivity index (χ0) is 21.1. The van der Waals surface area contributed by atoms with Gasteiger partial charge < -0.3 is 14.6 Å². The predicted molar refractivity (Wildman–Crippen MR) is 113 cm³/mol. The quantitative estimate of drug-likeness (QED) is 0.666. The van der Waals surface area contributed by atoms with E-state index in [9.17, 15) is 4.79 Å². The number of aromatic nitrogens is 2. The fourth-order valence-electron chi connectivity index (χ4n) is 3.64. The van der Waals surface area contributed by atoms with Crippen molar-refractivity contribution in [3.63, 3.8) is 0 Å². The molecule has 0 saturated heterocycles. The highest BCUT2D eigenvalue weighted by Crippen LogP contribution is 2.37. The molecule has 7 heteroatoms. The number of nitrogens with one attached hydrogen (secondary N) is 1. The molecule has 0 aliphatic carbocycles. The van der Waals surface area contributed by atoms with Crippen LogP contribution in [0.15, 0.2) is 64.8 Å². The van der Waals surface area contributed by atoms with Gasteiger partial charge in [-0.25, -0.2) is 4.79 Å². The maximum Gasteiger partial charge on any atom is 0.322 e. The lowest BCUT2D eigenvalue weighted by Crippen LogP contribution is -2.47. The van der Waals surface area contributed by atoms with Gasteiger partial charge in [-0.2, -0.15) is 4.98 Å². The Morgan fingerprint density at radius 1 is 1.13 bits per heavy atom. The average molecular weight is 404 g/mol. The number of nitrogens with zero attached hydrogens (tertiary/aromatic N) is 3. The Bertz CT molecular complexity index is 1070. The second kappa shape index (κ2) is 8.51. The van der Waals surface area contributed by atoms with Gasteiger partial charge in [0.05, 0.1) is 24.8 Å². The van der Waals surface area contributed by atoms with E-state index >= 15 is 0 Å². The van der Waals surface area contributed by atoms with Gasteiger partial charge in [-0.1, -0.05) is 59.3 Å². The van der Waals surface area contributed by atoms with Crippen molar-refractivity contribution in [2.24, 2.45) is 0 Å². The third-order valence-electron chi connectivity index (χ3n) is 5.18. The second-order valence-corrected chi connectivity index (χ2v) is 7.23. The molecule has 2 amide bonds. The molecule has 2 heterocycles. The van der Waals surface area contributed by atoms with E-state index in [0.29, 0.717) is 24.9 Å². The Hall–Kier alpha value is -3.45. The standard InChI is InChI=1S/C23H24N4O3/c1-15-8-7-11-18(14-15)21-25-22(30-26-21)19-16(2)27(12-13-29-3)23(28)24-20(19)17-9-5-4-6-10-17/h4-11,14,20H,12-13H2,1-3H3,(H,24,28). The Morgan fingerprint density at radius 3 is 2.67 bits per heavy atom. The summed E-state index contributed by atoms with van der Waals surface area (Å²) in [6.45, 7) is 4.77. The van der Waals surface area contributed by atoms with Crippen LogP contribution in [-0.2, 0) is 4.74 Å². The first-order valence-corrected chi connectivity index (χ1v) is 9.82. The van der Waals surface area contributed by atoms with Crippen molar-refractivity contribution in [3.8, 4) is 11.4 Å². The van der Waals surface area contributed by atoms with Crippen molar-refractivity contribution >= 4 is 11.6 Å². The largest absolute Gasteiger partial charge is 0.383 e. The SMILES string of the molecule is COCCN1C(=O)NC(c2ccccc2)C(c2nc(-c3cccc(C)c3)no2)=C1C. The van der Waals surface area contributed by atoms with Crippen LogP contribution in [0.4, 0.5) is 4.79 Å². The lowest BCUT2D eigenvalue weighted by Gasteiger charge is -2.35. The molecule has 7 nitrogen and oxygen atoms in total. The summed E-state index contributed by atoms with van der Waals surface area (Å²) < 4.78 is 10.9. The van der Waals surface area contributed by atoms with Gasteiger partial charge in [0.25, 0.3) is 5.89 Å². The number of methoxy groups -OCH3 is 1. The molecular weight excluding hydrogens is 380 g/mol. The van der Waals surface area contributed by atoms with E-state index in [-0.39, 0.29) is 12.1 Å². The average Bonchev–Trinajstić information content (AvgIpc) is 3.23. The number of hydrogen-bond acceptors (Lipinski definition) is 5. The highest BCUT2D eigenvalue weighted by atomic mass is 16.5. The minimum absolute atomic E-state index is 0.180. The van der Waals surface area contributed by atoms with Crippen LogP contribution in [0.5, 0.6) is 0 Å². The molecule has 1 unspecified atom stereocenters. The van der Waals surface area contributed by atoms with E-state index in [4.69, 9.17) is 9.26 Å². The normalized spacial score (nSPS) is 16.7. The summed E-state index contributed by atoms with van der Waals surface area (Å²) in [6, 6.07) is 17.2. The van der Waals surface area contributed by atoms with Gasteiger partial charge in [-0.15, -0.1) is 0 Å². The van der Waals surface area contributed by atoms with Gasteiger partial charge in [0.2, 0.25) is 5.82 Å². The van der Waals surface area contributed by atoms with Crippen LogP contribution in [0.3, 0.4) is 0 Å². The van der Waals surface area contributed by atoms with Crippen LogP contribution < -0.4 is 5.32 Å². The van der Waals surface area contributed by atoms with Crippen molar-refractivity contribution in [3.05, 3.63) is 77.3 Å². The number of rotatable bonds is 6. The first-order chi connectivity index (χ1) is 14.6. The number of allylic oxidation sites excluding steroid dienone is 1. The molecule has 1 atom stereocenters. The highest BCUT2D eigenvalue weighted by molar-refractivity contribution is 5.86. The zero-order valence-electron chi connectivity index (χ0n) is 17.3. The topological polar surface area (TPSA) is 80.5 Å². The van der Waals surface area contributed by atoms with Gasteiger partial charge in [0.1, 0.15) is 0 Å². The van der Waals surface area contributed by atoms with E-state index in [2.05, 4.69) is 15.5 Å². The molecule has 30 heavy (non-hydrogen) atoms. The Labute approximate surface area is 175 Å². The number of urea groups is 1. The summed E-state index contributed by atoms with van der Waals surface area (Å²) in [7, 11) is 1.61. The number of hydrogen-bond donors (Lipinski definition) is 1. The lowest BCUT2D eigenvalue weighted by molar-refractivity contribution is 0.158. The van der Waals surface area contributed by atoms with Crippen LogP contribution in [0.2, 0.25) is 0 Å². The molecule has 0 fully saturated rings. The minimum Gasteiger partial charge on any atom is -0.383 e. The third-order valence-corrected chi connectivity index (χ3v) is 5.18. The molecule has 154 valence electrons. The smallest absolute Gasteiger partial charge is 0.322 e. The van der Waals surface area contributed by atoms with Crippen LogP contribution in [-0.4, -0.2) is 41.3 Å². The van der Waals surface area contributed by atoms with Crippen LogP contribution >= 0.6 is 0 Å². The van der Waals surface area contributed by atoms with E-state index in [1.165, 1.54) is 0 Å². The molecule has 1 aliphatic rings. The second-order valence-electron chi connectivity index (χ2n) is 7.23. The lowest BCUT2D eigenvalue weighted by atomic mass is 9.95. The van der Waals surface area contributed by atoms with Gasteiger partial charge in [-0.3, -0.25) is 4.90 Å². The Morgan fingerprint density at radius 2 is 1.93 bits per heavy atom. The summed E-state index contributed by atoms with van der Waals surface area (Å²) >= 11 is 0. The van der Waals surface area contributed by atoms with Crippen LogP contribution in [0, 0.1) is 6.92 Å². The molecule has 2 aromatic carbocycles. The molecule has 0 saturated carbocycles. The molecule has 1 aliphatic heterocycles. The van der Waals surface area contributed by atoms with Gasteiger partial charge in [-0.05, 0) is 25.5 Å². The number of ether oxygens (including phenoxy) is 1. The van der Waals surface area contributed by atoms with Crippen molar-refractivity contribution in [2.45, 2.75) is 19.9 Å². The van der Waals surface area contributed by atoms with Crippen molar-refractivity contribution in [1.82, 2.24) is 20.4 Å². The predicted octanol–water partition coefficient (Wildman–Crippen LogP) is 4.19. The zero-order valence-corrected chi connectivity index (χ0v) is 17.3. The maximum absolute atomic E-state index is 12.8. The third kappa shape index (κ3) is 3.84. The molecule has 0 bridgehead atoms. The number of aryl methyl sites for hydroxylation is 1. The Kier molecular flexibility index (Phi) is 5.63. The molecule has 4 rings (SSSR count). The fraction of sp³-hybridized carbons (Fsp3) is 0.261. The van der Waals surface area contributed by atoms with Crippen LogP contribution in [0.1, 0.15) is 30.0 Å². The molecule has 0 spiro atoms. The maximum atomic E-state index is 12.8. The van der Waals surface area contributed by atoms with E-state index in [0.717, 1.165) is 28.0 Å². The van der Waals surface area contributed by atoms with Crippen molar-refractivity contribution in [2.75, 3.05) is 20.3 Å². The van der Waals surface area contributed by atoms with E-state index in [1.54, 1.807) is 12.0 Å². The number of carbonyl (C=O) groups excluding carboxylic acids is 1. The molecule has 0 radical (unpaired) electrons. The van der Waals surface area contributed by atoms with Crippen molar-refractivity contribution in [1.29, 1.82) is 0 Å². The first-order valence-electron chi connectivity index (χ1n) is 9.82. The van der Waals surface area contributed by atoms with Crippen LogP contribution in [0.25, 0.3) is 17.0 Å². The van der Waals surface area contributed by atoms with E-state index < -0.39 is 0 Å². The molecule has 3 aromatic rings. The van der Waals surface area contributed by atoms with Gasteiger partial charge in [0.15, 0.2) is 0 Å². The minimum atomic E-state index is -0.386. The first kappa shape index (κ1) is 19.8. The molecular formula is C23H24N4O3. The summed E-state index contributed by atoms with van der Waals surface area (Å²) in [6.07, 6.45) is 0. The van der Waals surface area contributed by atoms with Crippen molar-refractivity contribution < 1.29 is 14.1 Å². The summed E-state index contributed by atoms with van der Waals surface area (Å²) in [4.78, 5) is 19.1. The number of carbonyl (C=O) groups is 1. The summed E-state index contributed by atoms with van der Waals surface area (Å²) in [5.74, 6) is 0.904. The number of benzene rings is 2. The molecule has 1 N–H and O–H groups in total. The molecule has 1 aromatic heterocycles. The summed E-state index contributed by atoms with van der Waals surface area (Å²) in [5, 5.41) is 7.27. The van der Waals surface area contributed by atoms with E-state index in [1.807, 2.05) is 68.4 Å². The highest BCUT2D eigenvalue weighted by Gasteiger charge is 2.35. The fourth-order valence-corrected chi connectivity index (χ4v) is 3.64. The summed E-state index contributed by atoms with van der Waals surface area (Å²) in [5.41, 5.74) is 4.50. The van der Waals surface area contributed by atoms with Gasteiger partial charge >= 0.3 is 6.03 Å². The monoisotopic (exact) mass is 404 g/mol. The number of amides is 2. The van der Waals surface area contributed by atoms with Gasteiger partial charge in [0, 0.05) is 18.4 Å². The Balaban J connectivity index is 1.79.